The molecule has 0 aliphatic carbocycles. The van der Waals surface area contributed by atoms with Gasteiger partial charge in [-0.1, -0.05) is 18.2 Å². The van der Waals surface area contributed by atoms with E-state index >= 15 is 0 Å². The summed E-state index contributed by atoms with van der Waals surface area (Å²) in [5.74, 6) is 0.623. The van der Waals surface area contributed by atoms with E-state index < -0.39 is 18.8 Å². The van der Waals surface area contributed by atoms with Crippen molar-refractivity contribution in [2.24, 2.45) is 5.73 Å². The summed E-state index contributed by atoms with van der Waals surface area (Å²) in [5.41, 5.74) is 6.68. The molecule has 3 nitrogen and oxygen atoms in total. The molecule has 108 valence electrons. The SMILES string of the molecule is CCOc1ccccc1C(N)CN(C)CC(F)(F)F. The van der Waals surface area contributed by atoms with Crippen molar-refractivity contribution in [3.05, 3.63) is 29.8 Å². The normalized spacial score (nSPS) is 13.6. The first-order valence-corrected chi connectivity index (χ1v) is 6.06. The van der Waals surface area contributed by atoms with E-state index in [1.54, 1.807) is 24.3 Å². The molecule has 0 aliphatic heterocycles. The van der Waals surface area contributed by atoms with Gasteiger partial charge < -0.3 is 10.5 Å². The second-order valence-electron chi connectivity index (χ2n) is 4.39. The van der Waals surface area contributed by atoms with Crippen molar-refractivity contribution < 1.29 is 17.9 Å². The van der Waals surface area contributed by atoms with Gasteiger partial charge in [0.2, 0.25) is 0 Å². The Labute approximate surface area is 111 Å². The van der Waals surface area contributed by atoms with Gasteiger partial charge in [0.25, 0.3) is 0 Å². The molecule has 2 N–H and O–H groups in total. The number of hydrogen-bond donors (Lipinski definition) is 1. The highest BCUT2D eigenvalue weighted by molar-refractivity contribution is 5.35. The first kappa shape index (κ1) is 15.8. The van der Waals surface area contributed by atoms with E-state index in [2.05, 4.69) is 0 Å². The molecule has 0 saturated carbocycles. The van der Waals surface area contributed by atoms with E-state index in [9.17, 15) is 13.2 Å². The number of ether oxygens (including phenoxy) is 1. The summed E-state index contributed by atoms with van der Waals surface area (Å²) in [6.07, 6.45) is -4.21. The average Bonchev–Trinajstić information content (AvgIpc) is 2.27. The van der Waals surface area contributed by atoms with Crippen LogP contribution in [-0.2, 0) is 0 Å². The third-order valence-electron chi connectivity index (χ3n) is 2.58. The lowest BCUT2D eigenvalue weighted by molar-refractivity contribution is -0.143. The van der Waals surface area contributed by atoms with Crippen LogP contribution >= 0.6 is 0 Å². The Morgan fingerprint density at radius 1 is 1.32 bits per heavy atom. The van der Waals surface area contributed by atoms with Crippen LogP contribution in [0.15, 0.2) is 24.3 Å². The van der Waals surface area contributed by atoms with Crippen LogP contribution in [0.25, 0.3) is 0 Å². The zero-order valence-electron chi connectivity index (χ0n) is 11.1. The lowest BCUT2D eigenvalue weighted by Crippen LogP contribution is -2.36. The molecule has 0 bridgehead atoms. The summed E-state index contributed by atoms with van der Waals surface area (Å²) in [5, 5.41) is 0. The molecule has 0 saturated heterocycles. The molecule has 0 aliphatic rings. The monoisotopic (exact) mass is 276 g/mol. The second kappa shape index (κ2) is 6.77. The molecule has 0 amide bonds. The molecule has 0 radical (unpaired) electrons. The molecule has 0 heterocycles. The molecule has 19 heavy (non-hydrogen) atoms. The zero-order chi connectivity index (χ0) is 14.5. The summed E-state index contributed by atoms with van der Waals surface area (Å²) < 4.78 is 42.2. The summed E-state index contributed by atoms with van der Waals surface area (Å²) in [6.45, 7) is 1.47. The molecule has 6 heteroatoms. The van der Waals surface area contributed by atoms with Crippen LogP contribution in [0, 0.1) is 0 Å². The maximum Gasteiger partial charge on any atom is 0.401 e. The fraction of sp³-hybridized carbons (Fsp3) is 0.538. The Kier molecular flexibility index (Phi) is 5.62. The Hall–Kier alpha value is -1.27. The van der Waals surface area contributed by atoms with E-state index in [4.69, 9.17) is 10.5 Å². The van der Waals surface area contributed by atoms with Gasteiger partial charge in [0.15, 0.2) is 0 Å². The van der Waals surface area contributed by atoms with Crippen LogP contribution in [0.3, 0.4) is 0 Å². The van der Waals surface area contributed by atoms with Gasteiger partial charge in [-0.25, -0.2) is 0 Å². The lowest BCUT2D eigenvalue weighted by Gasteiger charge is -2.23. The van der Waals surface area contributed by atoms with E-state index in [-0.39, 0.29) is 6.54 Å². The predicted molar refractivity (Wildman–Crippen MR) is 68.1 cm³/mol. The number of likely N-dealkylation sites (N-methyl/N-ethyl adjacent to an activating group) is 1. The fourth-order valence-electron chi connectivity index (χ4n) is 1.88. The fourth-order valence-corrected chi connectivity index (χ4v) is 1.88. The molecule has 1 unspecified atom stereocenters. The Balaban J connectivity index is 2.69. The lowest BCUT2D eigenvalue weighted by atomic mass is 10.1. The Morgan fingerprint density at radius 3 is 2.53 bits per heavy atom. The number of para-hydroxylation sites is 1. The van der Waals surface area contributed by atoms with Crippen LogP contribution in [0.2, 0.25) is 0 Å². The molecule has 1 rings (SSSR count). The first-order chi connectivity index (χ1) is 8.83. The second-order valence-corrected chi connectivity index (χ2v) is 4.39. The summed E-state index contributed by atoms with van der Waals surface area (Å²) in [7, 11) is 1.40. The third kappa shape index (κ3) is 5.48. The topological polar surface area (TPSA) is 38.5 Å². The summed E-state index contributed by atoms with van der Waals surface area (Å²) in [6, 6.07) is 6.62. The van der Waals surface area contributed by atoms with Crippen molar-refractivity contribution in [2.45, 2.75) is 19.1 Å². The van der Waals surface area contributed by atoms with Crippen LogP contribution in [0.5, 0.6) is 5.75 Å². The van der Waals surface area contributed by atoms with Crippen LogP contribution in [0.1, 0.15) is 18.5 Å². The van der Waals surface area contributed by atoms with Gasteiger partial charge in [-0.15, -0.1) is 0 Å². The Morgan fingerprint density at radius 2 is 1.95 bits per heavy atom. The molecule has 1 aromatic carbocycles. The van der Waals surface area contributed by atoms with Gasteiger partial charge in [-0.3, -0.25) is 4.90 Å². The molecule has 0 fully saturated rings. The van der Waals surface area contributed by atoms with Gasteiger partial charge in [0, 0.05) is 18.2 Å². The van der Waals surface area contributed by atoms with Gasteiger partial charge in [-0.2, -0.15) is 13.2 Å². The van der Waals surface area contributed by atoms with Gasteiger partial charge in [-0.05, 0) is 20.0 Å². The maximum absolute atomic E-state index is 12.3. The number of halogens is 3. The van der Waals surface area contributed by atoms with Crippen LogP contribution < -0.4 is 10.5 Å². The third-order valence-corrected chi connectivity index (χ3v) is 2.58. The van der Waals surface area contributed by atoms with E-state index in [0.717, 1.165) is 10.5 Å². The van der Waals surface area contributed by atoms with Crippen molar-refractivity contribution in [1.82, 2.24) is 4.90 Å². The van der Waals surface area contributed by atoms with Crippen LogP contribution in [-0.4, -0.2) is 37.8 Å². The van der Waals surface area contributed by atoms with Crippen molar-refractivity contribution in [1.29, 1.82) is 0 Å². The summed E-state index contributed by atoms with van der Waals surface area (Å²) in [4.78, 5) is 1.16. The Bertz CT molecular complexity index is 396. The van der Waals surface area contributed by atoms with Gasteiger partial charge >= 0.3 is 6.18 Å². The maximum atomic E-state index is 12.3. The minimum absolute atomic E-state index is 0.115. The van der Waals surface area contributed by atoms with Crippen molar-refractivity contribution in [3.63, 3.8) is 0 Å². The highest BCUT2D eigenvalue weighted by Gasteiger charge is 2.30. The van der Waals surface area contributed by atoms with Crippen molar-refractivity contribution in [2.75, 3.05) is 26.7 Å². The smallest absolute Gasteiger partial charge is 0.401 e. The quantitative estimate of drug-likeness (QED) is 0.868. The van der Waals surface area contributed by atoms with E-state index in [1.165, 1.54) is 7.05 Å². The molecular weight excluding hydrogens is 257 g/mol. The largest absolute Gasteiger partial charge is 0.494 e. The van der Waals surface area contributed by atoms with Gasteiger partial charge in [0.05, 0.1) is 13.2 Å². The highest BCUT2D eigenvalue weighted by Crippen LogP contribution is 2.25. The summed E-state index contributed by atoms with van der Waals surface area (Å²) >= 11 is 0. The molecule has 1 aromatic rings. The number of benzene rings is 1. The number of nitrogens with zero attached hydrogens (tertiary/aromatic N) is 1. The van der Waals surface area contributed by atoms with Crippen molar-refractivity contribution >= 4 is 0 Å². The van der Waals surface area contributed by atoms with Crippen molar-refractivity contribution in [3.8, 4) is 5.75 Å². The van der Waals surface area contributed by atoms with Gasteiger partial charge in [0.1, 0.15) is 5.75 Å². The molecule has 0 aromatic heterocycles. The van der Waals surface area contributed by atoms with E-state index in [1.807, 2.05) is 6.92 Å². The van der Waals surface area contributed by atoms with Crippen LogP contribution in [0.4, 0.5) is 13.2 Å². The minimum atomic E-state index is -4.21. The molecule has 1 atom stereocenters. The minimum Gasteiger partial charge on any atom is -0.494 e. The number of hydrogen-bond acceptors (Lipinski definition) is 3. The number of rotatable bonds is 6. The molecular formula is C13H19F3N2O. The number of nitrogens with two attached hydrogens (primary N) is 1. The van der Waals surface area contributed by atoms with E-state index in [0.29, 0.717) is 12.4 Å². The molecule has 0 spiro atoms. The predicted octanol–water partition coefficient (Wildman–Crippen LogP) is 2.58. The highest BCUT2D eigenvalue weighted by atomic mass is 19.4. The average molecular weight is 276 g/mol. The zero-order valence-corrected chi connectivity index (χ0v) is 11.1. The first-order valence-electron chi connectivity index (χ1n) is 6.06. The number of alkyl halides is 3. The standard InChI is InChI=1S/C13H19F3N2O/c1-3-19-12-7-5-4-6-10(12)11(17)8-18(2)9-13(14,15)16/h4-7,11H,3,8-9,17H2,1-2H3.